The summed E-state index contributed by atoms with van der Waals surface area (Å²) in [5.41, 5.74) is 6.87. The van der Waals surface area contributed by atoms with E-state index in [2.05, 4.69) is 5.32 Å². The van der Waals surface area contributed by atoms with E-state index in [1.165, 1.54) is 12.0 Å². The maximum absolute atomic E-state index is 12.4. The molecule has 1 aromatic heterocycles. The Morgan fingerprint density at radius 1 is 1.23 bits per heavy atom. The lowest BCUT2D eigenvalue weighted by atomic mass is 9.91. The van der Waals surface area contributed by atoms with E-state index in [1.54, 1.807) is 23.3 Å². The van der Waals surface area contributed by atoms with Crippen molar-refractivity contribution in [2.45, 2.75) is 95.5 Å². The number of aryl methyl sites for hydroxylation is 1. The number of fused-ring (bicyclic) bond motifs is 1. The second-order valence-corrected chi connectivity index (χ2v) is 11.6. The molecule has 0 saturated heterocycles. The molecule has 2 atom stereocenters. The number of methoxy groups -OCH3 is 1. The van der Waals surface area contributed by atoms with Crippen LogP contribution in [0.4, 0.5) is 9.80 Å². The van der Waals surface area contributed by atoms with Gasteiger partial charge in [-0.05, 0) is 77.2 Å². The minimum atomic E-state index is -0.649. The fourth-order valence-corrected chi connectivity index (χ4v) is 6.29. The van der Waals surface area contributed by atoms with Gasteiger partial charge < -0.3 is 30.2 Å². The zero-order valence-corrected chi connectivity index (χ0v) is 22.5. The number of rotatable bonds is 8. The van der Waals surface area contributed by atoms with E-state index in [9.17, 15) is 9.59 Å². The van der Waals surface area contributed by atoms with Gasteiger partial charge in [0, 0.05) is 32.1 Å². The molecule has 1 heterocycles. The average molecular weight is 509 g/mol. The van der Waals surface area contributed by atoms with Crippen molar-refractivity contribution in [2.75, 3.05) is 26.5 Å². The van der Waals surface area contributed by atoms with Crippen LogP contribution in [0.15, 0.2) is 0 Å². The second-order valence-electron chi connectivity index (χ2n) is 10.5. The summed E-state index contributed by atoms with van der Waals surface area (Å²) in [5.74, 6) is -0.209. The normalized spacial score (nSPS) is 22.7. The molecular weight excluding hydrogens is 468 g/mol. The lowest BCUT2D eigenvalue weighted by Gasteiger charge is -2.35. The average Bonchev–Trinajstić information content (AvgIpc) is 3.35. The minimum absolute atomic E-state index is 0.0803. The van der Waals surface area contributed by atoms with E-state index in [0.29, 0.717) is 6.42 Å². The maximum atomic E-state index is 12.4. The van der Waals surface area contributed by atoms with E-state index >= 15 is 0 Å². The number of anilines is 1. The Bertz CT molecular complexity index is 933. The van der Waals surface area contributed by atoms with Crippen molar-refractivity contribution in [1.29, 1.82) is 5.41 Å². The molecule has 35 heavy (non-hydrogen) atoms. The molecule has 0 aliphatic heterocycles. The summed E-state index contributed by atoms with van der Waals surface area (Å²) in [6, 6.07) is 0.0984. The summed E-state index contributed by atoms with van der Waals surface area (Å²) in [6.07, 6.45) is 4.39. The lowest BCUT2D eigenvalue weighted by molar-refractivity contribution is -0.128. The molecule has 196 valence electrons. The first-order chi connectivity index (χ1) is 16.4. The standard InChI is InChI=1S/C25H40N4O5S/c1-25(2,3)34-24(31)29(5)15-8-10-16(11-9-15)33-22(27)20-19-14(13-17(32-6)21(26)30)7-12-18(19)35-23(20)28-4/h14-17,27-28H,7-13H2,1-6H3,(H2,26,30)/t14-,15?,16?,17+/m1/s1. The number of carbonyl (C=O) groups is 2. The van der Waals surface area contributed by atoms with Crippen molar-refractivity contribution < 1.29 is 23.8 Å². The predicted molar refractivity (Wildman–Crippen MR) is 137 cm³/mol. The number of amides is 2. The van der Waals surface area contributed by atoms with Crippen LogP contribution < -0.4 is 11.1 Å². The Morgan fingerprint density at radius 2 is 1.89 bits per heavy atom. The first kappa shape index (κ1) is 27.3. The molecule has 0 bridgehead atoms. The van der Waals surface area contributed by atoms with Gasteiger partial charge in [0.15, 0.2) is 0 Å². The highest BCUT2D eigenvalue weighted by molar-refractivity contribution is 7.16. The second kappa shape index (κ2) is 11.2. The minimum Gasteiger partial charge on any atom is -0.474 e. The number of carbonyl (C=O) groups excluding carboxylic acids is 2. The van der Waals surface area contributed by atoms with Crippen LogP contribution in [0, 0.1) is 5.41 Å². The quantitative estimate of drug-likeness (QED) is 0.356. The Hall–Kier alpha value is -2.33. The first-order valence-corrected chi connectivity index (χ1v) is 13.1. The van der Waals surface area contributed by atoms with Crippen molar-refractivity contribution in [1.82, 2.24) is 4.90 Å². The molecule has 3 rings (SSSR count). The van der Waals surface area contributed by atoms with Gasteiger partial charge in [-0.25, -0.2) is 4.79 Å². The number of nitrogens with one attached hydrogen (secondary N) is 2. The fourth-order valence-electron chi connectivity index (χ4n) is 5.04. The Balaban J connectivity index is 1.65. The van der Waals surface area contributed by atoms with Gasteiger partial charge in [0.2, 0.25) is 11.8 Å². The van der Waals surface area contributed by atoms with Crippen molar-refractivity contribution in [3.8, 4) is 0 Å². The summed E-state index contributed by atoms with van der Waals surface area (Å²) < 4.78 is 17.0. The van der Waals surface area contributed by atoms with Crippen LogP contribution in [0.3, 0.4) is 0 Å². The smallest absolute Gasteiger partial charge is 0.410 e. The molecular formula is C25H40N4O5S. The van der Waals surface area contributed by atoms with Crippen molar-refractivity contribution in [3.63, 3.8) is 0 Å². The van der Waals surface area contributed by atoms with Crippen LogP contribution in [0.1, 0.15) is 81.2 Å². The largest absolute Gasteiger partial charge is 0.474 e. The van der Waals surface area contributed by atoms with Crippen molar-refractivity contribution >= 4 is 34.2 Å². The van der Waals surface area contributed by atoms with E-state index in [-0.39, 0.29) is 30.1 Å². The van der Waals surface area contributed by atoms with Crippen LogP contribution >= 0.6 is 11.3 Å². The van der Waals surface area contributed by atoms with Crippen LogP contribution in [-0.4, -0.2) is 67.9 Å². The van der Waals surface area contributed by atoms with Gasteiger partial charge in [0.05, 0.1) is 5.56 Å². The third kappa shape index (κ3) is 6.46. The number of nitrogens with zero attached hydrogens (tertiary/aromatic N) is 1. The highest BCUT2D eigenvalue weighted by Gasteiger charge is 2.36. The SMILES string of the molecule is CNc1sc2c(c1C(=N)OC1CCC(N(C)C(=O)OC(C)(C)C)CC1)[C@@H](C[C@H](OC)C(N)=O)CC2. The number of primary amides is 1. The Kier molecular flexibility index (Phi) is 8.69. The number of ether oxygens (including phenoxy) is 3. The first-order valence-electron chi connectivity index (χ1n) is 12.3. The summed E-state index contributed by atoms with van der Waals surface area (Å²) in [4.78, 5) is 27.1. The molecule has 0 aromatic carbocycles. The van der Waals surface area contributed by atoms with Gasteiger partial charge in [-0.1, -0.05) is 0 Å². The number of thiophene rings is 1. The predicted octanol–water partition coefficient (Wildman–Crippen LogP) is 4.23. The molecule has 0 unspecified atom stereocenters. The van der Waals surface area contributed by atoms with Crippen molar-refractivity contribution in [3.05, 3.63) is 16.0 Å². The molecule has 10 heteroatoms. The van der Waals surface area contributed by atoms with Gasteiger partial charge in [0.1, 0.15) is 22.8 Å². The lowest BCUT2D eigenvalue weighted by Crippen LogP contribution is -2.43. The van der Waals surface area contributed by atoms with E-state index in [1.807, 2.05) is 27.8 Å². The third-order valence-corrected chi connectivity index (χ3v) is 8.15. The van der Waals surface area contributed by atoms with Crippen LogP contribution in [0.5, 0.6) is 0 Å². The summed E-state index contributed by atoms with van der Waals surface area (Å²) >= 11 is 1.65. The summed E-state index contributed by atoms with van der Waals surface area (Å²) in [6.45, 7) is 5.59. The molecule has 0 spiro atoms. The molecule has 1 saturated carbocycles. The number of nitrogens with two attached hydrogens (primary N) is 1. The fraction of sp³-hybridized carbons (Fsp3) is 0.720. The Labute approximate surface area is 212 Å². The summed E-state index contributed by atoms with van der Waals surface area (Å²) in [7, 11) is 5.14. The molecule has 9 nitrogen and oxygen atoms in total. The Morgan fingerprint density at radius 3 is 2.43 bits per heavy atom. The number of hydrogen-bond acceptors (Lipinski definition) is 8. The van der Waals surface area contributed by atoms with Crippen LogP contribution in [0.25, 0.3) is 0 Å². The van der Waals surface area contributed by atoms with E-state index < -0.39 is 17.6 Å². The molecule has 0 radical (unpaired) electrons. The third-order valence-electron chi connectivity index (χ3n) is 6.86. The van der Waals surface area contributed by atoms with Crippen LogP contribution in [0.2, 0.25) is 0 Å². The zero-order chi connectivity index (χ0) is 25.9. The van der Waals surface area contributed by atoms with E-state index in [4.69, 9.17) is 25.4 Å². The monoisotopic (exact) mass is 508 g/mol. The highest BCUT2D eigenvalue weighted by Crippen LogP contribution is 2.47. The van der Waals surface area contributed by atoms with Gasteiger partial charge >= 0.3 is 6.09 Å². The molecule has 2 amide bonds. The van der Waals surface area contributed by atoms with E-state index in [0.717, 1.165) is 54.7 Å². The van der Waals surface area contributed by atoms with Gasteiger partial charge in [0.25, 0.3) is 0 Å². The van der Waals surface area contributed by atoms with Gasteiger partial charge in [-0.2, -0.15) is 0 Å². The topological polar surface area (TPSA) is 127 Å². The van der Waals surface area contributed by atoms with Crippen LogP contribution in [-0.2, 0) is 25.4 Å². The zero-order valence-electron chi connectivity index (χ0n) is 21.7. The molecule has 1 aromatic rings. The highest BCUT2D eigenvalue weighted by atomic mass is 32.1. The number of hydrogen-bond donors (Lipinski definition) is 3. The van der Waals surface area contributed by atoms with Crippen molar-refractivity contribution in [2.24, 2.45) is 5.73 Å². The van der Waals surface area contributed by atoms with Gasteiger partial charge in [-0.3, -0.25) is 10.2 Å². The van der Waals surface area contributed by atoms with Gasteiger partial charge in [-0.15, -0.1) is 11.3 Å². The summed E-state index contributed by atoms with van der Waals surface area (Å²) in [5, 5.41) is 13.0. The molecule has 1 fully saturated rings. The molecule has 2 aliphatic carbocycles. The maximum Gasteiger partial charge on any atom is 0.410 e. The molecule has 2 aliphatic rings. The molecule has 4 N–H and O–H groups in total.